The number of carbonyl (C=O) groups is 2. The maximum atomic E-state index is 13.7. The van der Waals surface area contributed by atoms with Gasteiger partial charge in [0.1, 0.15) is 5.70 Å². The fourth-order valence-electron chi connectivity index (χ4n) is 3.57. The van der Waals surface area contributed by atoms with E-state index in [9.17, 15) is 9.59 Å². The van der Waals surface area contributed by atoms with Crippen LogP contribution in [0.3, 0.4) is 0 Å². The Morgan fingerprint density at radius 2 is 1.34 bits per heavy atom. The van der Waals surface area contributed by atoms with Gasteiger partial charge in [-0.3, -0.25) is 9.69 Å². The summed E-state index contributed by atoms with van der Waals surface area (Å²) in [6.07, 6.45) is 0. The average molecular weight is 488 g/mol. The van der Waals surface area contributed by atoms with E-state index < -0.39 is 12.0 Å². The first kappa shape index (κ1) is 22.2. The summed E-state index contributed by atoms with van der Waals surface area (Å²) in [6, 6.07) is 19.9. The first-order chi connectivity index (χ1) is 15.4. The first-order valence-corrected chi connectivity index (χ1v) is 10.7. The highest BCUT2D eigenvalue weighted by molar-refractivity contribution is 6.31. The zero-order chi connectivity index (χ0) is 22.8. The summed E-state index contributed by atoms with van der Waals surface area (Å²) < 4.78 is 5.06. The third-order valence-electron chi connectivity index (χ3n) is 5.04. The molecule has 0 radical (unpaired) electrons. The van der Waals surface area contributed by atoms with Crippen LogP contribution in [0.25, 0.3) is 0 Å². The van der Waals surface area contributed by atoms with Crippen LogP contribution in [0, 0.1) is 0 Å². The minimum Gasteiger partial charge on any atom is -0.466 e. The molecular weight excluding hydrogens is 471 g/mol. The minimum atomic E-state index is -0.733. The predicted octanol–water partition coefficient (Wildman–Crippen LogP) is 6.27. The summed E-state index contributed by atoms with van der Waals surface area (Å²) in [5.74, 6) is -1.01. The summed E-state index contributed by atoms with van der Waals surface area (Å²) >= 11 is 18.1. The van der Waals surface area contributed by atoms with Crippen molar-refractivity contribution in [1.29, 1.82) is 0 Å². The Morgan fingerprint density at radius 3 is 1.88 bits per heavy atom. The number of rotatable bonds is 5. The molecule has 1 atom stereocenters. The van der Waals surface area contributed by atoms with Crippen molar-refractivity contribution in [2.24, 2.45) is 0 Å². The molecule has 0 saturated carbocycles. The average Bonchev–Trinajstić information content (AvgIpc) is 3.08. The highest BCUT2D eigenvalue weighted by Crippen LogP contribution is 2.42. The van der Waals surface area contributed by atoms with Gasteiger partial charge in [-0.1, -0.05) is 46.9 Å². The Balaban J connectivity index is 1.89. The second-order valence-corrected chi connectivity index (χ2v) is 8.33. The van der Waals surface area contributed by atoms with Crippen LogP contribution < -0.4 is 10.2 Å². The molecule has 1 amide bonds. The van der Waals surface area contributed by atoms with Crippen molar-refractivity contribution in [2.45, 2.75) is 6.04 Å². The molecule has 0 fully saturated rings. The van der Waals surface area contributed by atoms with E-state index in [0.29, 0.717) is 32.0 Å². The number of hydrogen-bond acceptors (Lipinski definition) is 4. The topological polar surface area (TPSA) is 58.6 Å². The van der Waals surface area contributed by atoms with Crippen molar-refractivity contribution in [3.63, 3.8) is 0 Å². The van der Waals surface area contributed by atoms with Crippen LogP contribution in [-0.4, -0.2) is 19.0 Å². The number of hydrogen-bond donors (Lipinski definition) is 1. The molecule has 1 N–H and O–H groups in total. The van der Waals surface area contributed by atoms with E-state index in [2.05, 4.69) is 5.32 Å². The minimum absolute atomic E-state index is 0.120. The number of methoxy groups -OCH3 is 1. The number of amides is 1. The lowest BCUT2D eigenvalue weighted by Gasteiger charge is -2.27. The summed E-state index contributed by atoms with van der Waals surface area (Å²) in [5.41, 5.74) is 2.19. The number of esters is 1. The van der Waals surface area contributed by atoms with E-state index >= 15 is 0 Å². The van der Waals surface area contributed by atoms with Crippen molar-refractivity contribution < 1.29 is 14.3 Å². The van der Waals surface area contributed by atoms with Gasteiger partial charge in [0, 0.05) is 26.4 Å². The molecule has 3 aromatic rings. The standard InChI is InChI=1S/C24H17Cl3N2O3/c1-32-24(31)20-21(28-18-10-6-16(26)7-11-18)23(30)29(19-12-8-17(27)9-13-19)22(20)14-2-4-15(25)5-3-14/h2-13,22,28H,1H3. The number of nitrogens with one attached hydrogen (secondary N) is 1. The summed E-state index contributed by atoms with van der Waals surface area (Å²) in [7, 11) is 1.28. The van der Waals surface area contributed by atoms with E-state index in [0.717, 1.165) is 0 Å². The van der Waals surface area contributed by atoms with Crippen LogP contribution in [-0.2, 0) is 14.3 Å². The Labute approximate surface area is 200 Å². The third-order valence-corrected chi connectivity index (χ3v) is 5.80. The Morgan fingerprint density at radius 1 is 0.844 bits per heavy atom. The SMILES string of the molecule is COC(=O)C1=C(Nc2ccc(Cl)cc2)C(=O)N(c2ccc(Cl)cc2)C1c1ccc(Cl)cc1. The smallest absolute Gasteiger partial charge is 0.338 e. The molecule has 0 bridgehead atoms. The predicted molar refractivity (Wildman–Crippen MR) is 127 cm³/mol. The molecule has 3 aromatic carbocycles. The molecule has 1 aliphatic rings. The lowest BCUT2D eigenvalue weighted by atomic mass is 9.98. The van der Waals surface area contributed by atoms with Gasteiger partial charge in [0.05, 0.1) is 18.7 Å². The van der Waals surface area contributed by atoms with Crippen LogP contribution in [0.2, 0.25) is 15.1 Å². The van der Waals surface area contributed by atoms with Crippen molar-refractivity contribution in [1.82, 2.24) is 0 Å². The van der Waals surface area contributed by atoms with Gasteiger partial charge in [0.2, 0.25) is 0 Å². The van der Waals surface area contributed by atoms with Crippen molar-refractivity contribution in [3.05, 3.63) is 105 Å². The fraction of sp³-hybridized carbons (Fsp3) is 0.0833. The summed E-state index contributed by atoms with van der Waals surface area (Å²) in [4.78, 5) is 28.1. The maximum Gasteiger partial charge on any atom is 0.338 e. The number of nitrogens with zero attached hydrogens (tertiary/aromatic N) is 1. The molecule has 8 heteroatoms. The van der Waals surface area contributed by atoms with Crippen LogP contribution >= 0.6 is 34.8 Å². The van der Waals surface area contributed by atoms with E-state index in [-0.39, 0.29) is 17.2 Å². The monoisotopic (exact) mass is 486 g/mol. The number of carbonyl (C=O) groups excluding carboxylic acids is 2. The Hall–Kier alpha value is -2.99. The van der Waals surface area contributed by atoms with E-state index in [1.54, 1.807) is 72.8 Å². The van der Waals surface area contributed by atoms with Gasteiger partial charge in [-0.15, -0.1) is 0 Å². The molecule has 0 spiro atoms. The molecule has 4 rings (SSSR count). The van der Waals surface area contributed by atoms with Gasteiger partial charge in [0.15, 0.2) is 0 Å². The Kier molecular flexibility index (Phi) is 6.42. The second kappa shape index (κ2) is 9.25. The van der Waals surface area contributed by atoms with Gasteiger partial charge in [-0.25, -0.2) is 4.79 Å². The number of ether oxygens (including phenoxy) is 1. The van der Waals surface area contributed by atoms with Crippen LogP contribution in [0.4, 0.5) is 11.4 Å². The van der Waals surface area contributed by atoms with Gasteiger partial charge >= 0.3 is 5.97 Å². The molecule has 162 valence electrons. The molecule has 32 heavy (non-hydrogen) atoms. The van der Waals surface area contributed by atoms with Gasteiger partial charge < -0.3 is 10.1 Å². The van der Waals surface area contributed by atoms with Gasteiger partial charge in [-0.2, -0.15) is 0 Å². The lowest BCUT2D eigenvalue weighted by molar-refractivity contribution is -0.136. The van der Waals surface area contributed by atoms with Gasteiger partial charge in [-0.05, 0) is 66.2 Å². The highest BCUT2D eigenvalue weighted by atomic mass is 35.5. The van der Waals surface area contributed by atoms with Crippen molar-refractivity contribution >= 4 is 58.1 Å². The van der Waals surface area contributed by atoms with Crippen LogP contribution in [0.15, 0.2) is 84.1 Å². The molecular formula is C24H17Cl3N2O3. The quantitative estimate of drug-likeness (QED) is 0.431. The van der Waals surface area contributed by atoms with Crippen molar-refractivity contribution in [3.8, 4) is 0 Å². The molecule has 1 unspecified atom stereocenters. The lowest BCUT2D eigenvalue weighted by Crippen LogP contribution is -2.31. The van der Waals surface area contributed by atoms with E-state index in [1.165, 1.54) is 12.0 Å². The van der Waals surface area contributed by atoms with Crippen LogP contribution in [0.1, 0.15) is 11.6 Å². The third kappa shape index (κ3) is 4.32. The maximum absolute atomic E-state index is 13.7. The fourth-order valence-corrected chi connectivity index (χ4v) is 3.95. The van der Waals surface area contributed by atoms with Crippen molar-refractivity contribution in [2.75, 3.05) is 17.3 Å². The molecule has 0 aromatic heterocycles. The van der Waals surface area contributed by atoms with E-state index in [4.69, 9.17) is 39.5 Å². The molecule has 5 nitrogen and oxygen atoms in total. The zero-order valence-electron chi connectivity index (χ0n) is 16.8. The van der Waals surface area contributed by atoms with Gasteiger partial charge in [0.25, 0.3) is 5.91 Å². The molecule has 1 aliphatic heterocycles. The molecule has 0 saturated heterocycles. The second-order valence-electron chi connectivity index (χ2n) is 7.02. The number of benzene rings is 3. The molecule has 1 heterocycles. The van der Waals surface area contributed by atoms with E-state index in [1.807, 2.05) is 0 Å². The number of anilines is 2. The number of halogens is 3. The summed E-state index contributed by atoms with van der Waals surface area (Å²) in [5, 5.41) is 4.71. The highest BCUT2D eigenvalue weighted by Gasteiger charge is 2.45. The normalized spacial score (nSPS) is 15.8. The largest absolute Gasteiger partial charge is 0.466 e. The van der Waals surface area contributed by atoms with Crippen LogP contribution in [0.5, 0.6) is 0 Å². The Bertz CT molecular complexity index is 1190. The first-order valence-electron chi connectivity index (χ1n) is 9.58. The zero-order valence-corrected chi connectivity index (χ0v) is 19.1. The summed E-state index contributed by atoms with van der Waals surface area (Å²) in [6.45, 7) is 0. The molecule has 0 aliphatic carbocycles.